The third-order valence-electron chi connectivity index (χ3n) is 11.2. The molecule has 7 rings (SSSR count). The van der Waals surface area contributed by atoms with Crippen LogP contribution in [0.25, 0.3) is 16.6 Å². The van der Waals surface area contributed by atoms with Gasteiger partial charge < -0.3 is 4.57 Å². The van der Waals surface area contributed by atoms with Gasteiger partial charge in [-0.3, -0.25) is 14.2 Å². The number of carbonyl (C=O) groups is 1. The second-order valence-corrected chi connectivity index (χ2v) is 13.1. The molecule has 3 fully saturated rings. The molecule has 0 radical (unpaired) electrons. The number of hydrogen-bond acceptors (Lipinski definition) is 3. The molecular weight excluding hydrogens is 488 g/mol. The van der Waals surface area contributed by atoms with Crippen LogP contribution in [0.2, 0.25) is 0 Å². The summed E-state index contributed by atoms with van der Waals surface area (Å²) in [5.74, 6) is 2.32. The molecule has 3 aromatic rings. The van der Waals surface area contributed by atoms with Gasteiger partial charge in [-0.2, -0.15) is 0 Å². The summed E-state index contributed by atoms with van der Waals surface area (Å²) in [6.45, 7) is 4.97. The van der Waals surface area contributed by atoms with Crippen molar-refractivity contribution in [1.82, 2.24) is 9.13 Å². The van der Waals surface area contributed by atoms with Crippen LogP contribution in [0.4, 0.5) is 0 Å². The number of fused-ring (bicyclic) bond motifs is 6. The molecular formula is C33H36N2O2S. The van der Waals surface area contributed by atoms with Gasteiger partial charge in [0.1, 0.15) is 0 Å². The van der Waals surface area contributed by atoms with Crippen LogP contribution in [-0.2, 0) is 4.79 Å². The second-order valence-electron chi connectivity index (χ2n) is 12.8. The predicted molar refractivity (Wildman–Crippen MR) is 154 cm³/mol. The molecule has 0 spiro atoms. The van der Waals surface area contributed by atoms with Crippen LogP contribution in [0, 0.1) is 33.4 Å². The van der Waals surface area contributed by atoms with E-state index in [1.54, 1.807) is 4.57 Å². The molecule has 196 valence electrons. The molecule has 0 bridgehead atoms. The summed E-state index contributed by atoms with van der Waals surface area (Å²) in [6.07, 6.45) is 10.7. The number of ketones is 1. The number of benzene rings is 2. The molecule has 0 amide bonds. The molecule has 6 atom stereocenters. The average molecular weight is 525 g/mol. The third kappa shape index (κ3) is 3.30. The highest BCUT2D eigenvalue weighted by atomic mass is 32.1. The normalized spacial score (nSPS) is 34.4. The van der Waals surface area contributed by atoms with Crippen LogP contribution >= 0.6 is 12.2 Å². The topological polar surface area (TPSA) is 44.0 Å². The Balaban J connectivity index is 1.35. The summed E-state index contributed by atoms with van der Waals surface area (Å²) in [5.41, 5.74) is 3.49. The number of carbonyl (C=O) groups excluding carboxylic acids is 1. The summed E-state index contributed by atoms with van der Waals surface area (Å²) in [7, 11) is 0. The fraction of sp³-hybridized carbons (Fsp3) is 0.485. The first kappa shape index (κ1) is 24.3. The van der Waals surface area contributed by atoms with Gasteiger partial charge in [0.2, 0.25) is 0 Å². The molecule has 1 aromatic heterocycles. The first-order valence-electron chi connectivity index (χ1n) is 14.4. The Labute approximate surface area is 229 Å². The Kier molecular flexibility index (Phi) is 5.50. The van der Waals surface area contributed by atoms with Gasteiger partial charge in [0, 0.05) is 12.5 Å². The Morgan fingerprint density at radius 2 is 1.61 bits per heavy atom. The SMILES string of the molecule is C[C@]12CC[C@H]3[C@@H](CCC4=CC(=O)CC[C@@]43C)[C@@H]1CC[C@@H]2n1c(=S)n(-c2ccccc2)c(=O)c2ccccc21. The molecule has 0 N–H and O–H groups in total. The standard InChI is InChI=1S/C33H36N2O2S/c1-32-18-16-23(36)20-21(32)12-13-24-26-14-15-29(33(26,2)19-17-27(24)32)35-28-11-7-6-10-25(28)30(37)34(31(35)38)22-8-4-3-5-9-22/h3-11,20,24,26-27,29H,12-19H2,1-2H3/t24-,26-,27-,29-,32-,33-/m0/s1. The van der Waals surface area contributed by atoms with Gasteiger partial charge in [-0.1, -0.05) is 49.8 Å². The summed E-state index contributed by atoms with van der Waals surface area (Å²) >= 11 is 6.18. The fourth-order valence-electron chi connectivity index (χ4n) is 9.34. The van der Waals surface area contributed by atoms with Gasteiger partial charge in [-0.15, -0.1) is 0 Å². The average Bonchev–Trinajstić information content (AvgIpc) is 3.27. The third-order valence-corrected chi connectivity index (χ3v) is 11.6. The minimum atomic E-state index is -0.0391. The smallest absolute Gasteiger partial charge is 0.266 e. The lowest BCUT2D eigenvalue weighted by molar-refractivity contribution is -0.117. The van der Waals surface area contributed by atoms with Crippen molar-refractivity contribution in [3.8, 4) is 5.69 Å². The first-order chi connectivity index (χ1) is 18.3. The van der Waals surface area contributed by atoms with Crippen molar-refractivity contribution in [2.45, 2.75) is 71.3 Å². The largest absolute Gasteiger partial charge is 0.314 e. The van der Waals surface area contributed by atoms with E-state index in [0.717, 1.165) is 35.9 Å². The van der Waals surface area contributed by atoms with Crippen molar-refractivity contribution >= 4 is 28.9 Å². The molecule has 38 heavy (non-hydrogen) atoms. The van der Waals surface area contributed by atoms with E-state index < -0.39 is 0 Å². The van der Waals surface area contributed by atoms with E-state index in [-0.39, 0.29) is 22.4 Å². The fourth-order valence-corrected chi connectivity index (χ4v) is 9.76. The van der Waals surface area contributed by atoms with E-state index in [1.807, 2.05) is 54.6 Å². The highest BCUT2D eigenvalue weighted by Gasteiger charge is 2.59. The number of nitrogens with zero attached hydrogens (tertiary/aromatic N) is 2. The van der Waals surface area contributed by atoms with Gasteiger partial charge in [-0.05, 0) is 116 Å². The van der Waals surface area contributed by atoms with Crippen molar-refractivity contribution in [2.24, 2.45) is 28.6 Å². The van der Waals surface area contributed by atoms with Gasteiger partial charge in [0.25, 0.3) is 5.56 Å². The van der Waals surface area contributed by atoms with E-state index in [4.69, 9.17) is 12.2 Å². The minimum absolute atomic E-state index is 0.0391. The van der Waals surface area contributed by atoms with Gasteiger partial charge >= 0.3 is 0 Å². The quantitative estimate of drug-likeness (QED) is 0.324. The Morgan fingerprint density at radius 1 is 0.842 bits per heavy atom. The lowest BCUT2D eigenvalue weighted by atomic mass is 9.47. The molecule has 4 aliphatic carbocycles. The van der Waals surface area contributed by atoms with E-state index in [9.17, 15) is 9.59 Å². The summed E-state index contributed by atoms with van der Waals surface area (Å²) in [4.78, 5) is 25.9. The predicted octanol–water partition coefficient (Wildman–Crippen LogP) is 7.59. The number of allylic oxidation sites excluding steroid dienone is 1. The lowest BCUT2D eigenvalue weighted by Crippen LogP contribution is -2.50. The molecule has 0 aliphatic heterocycles. The highest BCUT2D eigenvalue weighted by molar-refractivity contribution is 7.71. The molecule has 5 heteroatoms. The van der Waals surface area contributed by atoms with Gasteiger partial charge in [0.15, 0.2) is 10.6 Å². The van der Waals surface area contributed by atoms with Crippen molar-refractivity contribution in [3.63, 3.8) is 0 Å². The Hall–Kier alpha value is -2.79. The first-order valence-corrected chi connectivity index (χ1v) is 14.8. The minimum Gasteiger partial charge on any atom is -0.314 e. The highest BCUT2D eigenvalue weighted by Crippen LogP contribution is 2.67. The van der Waals surface area contributed by atoms with Crippen LogP contribution in [-0.4, -0.2) is 14.9 Å². The zero-order valence-electron chi connectivity index (χ0n) is 22.4. The zero-order valence-corrected chi connectivity index (χ0v) is 23.2. The van der Waals surface area contributed by atoms with Crippen LogP contribution in [0.15, 0.2) is 71.0 Å². The molecule has 4 nitrogen and oxygen atoms in total. The summed E-state index contributed by atoms with van der Waals surface area (Å²) < 4.78 is 4.72. The van der Waals surface area contributed by atoms with E-state index in [1.165, 1.54) is 31.3 Å². The zero-order chi connectivity index (χ0) is 26.2. The number of para-hydroxylation sites is 2. The van der Waals surface area contributed by atoms with Gasteiger partial charge in [0.05, 0.1) is 16.6 Å². The van der Waals surface area contributed by atoms with Crippen LogP contribution in [0.5, 0.6) is 0 Å². The molecule has 1 heterocycles. The van der Waals surface area contributed by atoms with Crippen molar-refractivity contribution < 1.29 is 4.79 Å². The molecule has 4 aliphatic rings. The van der Waals surface area contributed by atoms with Crippen molar-refractivity contribution in [1.29, 1.82) is 0 Å². The number of aromatic nitrogens is 2. The van der Waals surface area contributed by atoms with Crippen molar-refractivity contribution in [2.75, 3.05) is 0 Å². The molecule has 3 saturated carbocycles. The second kappa shape index (κ2) is 8.61. The van der Waals surface area contributed by atoms with E-state index in [0.29, 0.717) is 34.7 Å². The molecule has 0 saturated heterocycles. The number of hydrogen-bond donors (Lipinski definition) is 0. The van der Waals surface area contributed by atoms with Crippen LogP contribution in [0.1, 0.15) is 71.3 Å². The van der Waals surface area contributed by atoms with Crippen LogP contribution < -0.4 is 5.56 Å². The molecule has 2 aromatic carbocycles. The summed E-state index contributed by atoms with van der Waals surface area (Å²) in [6, 6.07) is 18.2. The van der Waals surface area contributed by atoms with Crippen LogP contribution in [0.3, 0.4) is 0 Å². The molecule has 0 unspecified atom stereocenters. The summed E-state index contributed by atoms with van der Waals surface area (Å²) in [5, 5.41) is 0.734. The van der Waals surface area contributed by atoms with E-state index in [2.05, 4.69) is 24.5 Å². The Bertz CT molecular complexity index is 1600. The number of rotatable bonds is 2. The maximum absolute atomic E-state index is 13.7. The Morgan fingerprint density at radius 3 is 2.42 bits per heavy atom. The van der Waals surface area contributed by atoms with Crippen molar-refractivity contribution in [3.05, 3.63) is 81.4 Å². The maximum atomic E-state index is 13.7. The van der Waals surface area contributed by atoms with Gasteiger partial charge in [-0.25, -0.2) is 0 Å². The van der Waals surface area contributed by atoms with E-state index >= 15 is 0 Å². The lowest BCUT2D eigenvalue weighted by Gasteiger charge is -2.58. The maximum Gasteiger partial charge on any atom is 0.266 e. The monoisotopic (exact) mass is 524 g/mol.